The Hall–Kier alpha value is -2.37. The molecule has 2 heterocycles. The molecule has 0 aliphatic carbocycles. The molecule has 0 saturated carbocycles. The van der Waals surface area contributed by atoms with Gasteiger partial charge in [-0.1, -0.05) is 35.4 Å². The van der Waals surface area contributed by atoms with E-state index in [9.17, 15) is 4.79 Å². The van der Waals surface area contributed by atoms with Crippen molar-refractivity contribution in [1.29, 1.82) is 0 Å². The first kappa shape index (κ1) is 15.5. The molecule has 1 aromatic heterocycles. The van der Waals surface area contributed by atoms with Gasteiger partial charge in [0, 0.05) is 19.5 Å². The second kappa shape index (κ2) is 7.76. The number of rotatable bonds is 5. The molecule has 0 radical (unpaired) electrons. The zero-order valence-corrected chi connectivity index (χ0v) is 13.1. The third-order valence-corrected chi connectivity index (χ3v) is 3.94. The fourth-order valence-corrected chi connectivity index (χ4v) is 2.68. The maximum Gasteiger partial charge on any atom is 0.423 e. The first-order valence-electron chi connectivity index (χ1n) is 8.14. The van der Waals surface area contributed by atoms with E-state index in [-0.39, 0.29) is 6.08 Å². The third-order valence-electron chi connectivity index (χ3n) is 3.94. The van der Waals surface area contributed by atoms with Crippen molar-refractivity contribution in [2.75, 3.05) is 13.1 Å². The lowest BCUT2D eigenvalue weighted by molar-refractivity contribution is 0.129. The average molecular weight is 315 g/mol. The van der Waals surface area contributed by atoms with Gasteiger partial charge in [0.25, 0.3) is 0 Å². The topological polar surface area (TPSA) is 68.5 Å². The van der Waals surface area contributed by atoms with Crippen LogP contribution >= 0.6 is 0 Å². The summed E-state index contributed by atoms with van der Waals surface area (Å²) in [5, 5.41) is 7.72. The SMILES string of the molecule is O=C(Oc1nnc(CCCc2ccccc2)o1)N1CCCCC1. The number of hydrogen-bond acceptors (Lipinski definition) is 5. The monoisotopic (exact) mass is 315 g/mol. The summed E-state index contributed by atoms with van der Waals surface area (Å²) in [6, 6.07) is 10.3. The fourth-order valence-electron chi connectivity index (χ4n) is 2.68. The zero-order valence-electron chi connectivity index (χ0n) is 13.1. The number of piperidine rings is 1. The predicted octanol–water partition coefficient (Wildman–Crippen LogP) is 3.23. The van der Waals surface area contributed by atoms with Crippen molar-refractivity contribution in [3.63, 3.8) is 0 Å². The molecule has 122 valence electrons. The van der Waals surface area contributed by atoms with Crippen LogP contribution in [0.1, 0.15) is 37.1 Å². The van der Waals surface area contributed by atoms with E-state index in [1.807, 2.05) is 18.2 Å². The molecule has 0 N–H and O–H groups in total. The molecule has 1 saturated heterocycles. The minimum Gasteiger partial charge on any atom is -0.393 e. The molecule has 6 nitrogen and oxygen atoms in total. The van der Waals surface area contributed by atoms with Gasteiger partial charge in [0.2, 0.25) is 5.89 Å². The average Bonchev–Trinajstić information content (AvgIpc) is 3.04. The Balaban J connectivity index is 1.45. The second-order valence-corrected chi connectivity index (χ2v) is 5.72. The minimum absolute atomic E-state index is 0.0599. The van der Waals surface area contributed by atoms with Crippen molar-refractivity contribution >= 4 is 6.09 Å². The molecule has 1 aliphatic heterocycles. The molecule has 1 aromatic carbocycles. The highest BCUT2D eigenvalue weighted by Crippen LogP contribution is 2.15. The number of likely N-dealkylation sites (tertiary alicyclic amines) is 1. The summed E-state index contributed by atoms with van der Waals surface area (Å²) in [7, 11) is 0. The quantitative estimate of drug-likeness (QED) is 0.847. The standard InChI is InChI=1S/C17H21N3O3/c21-17(20-12-5-2-6-13-20)23-16-19-18-15(22-16)11-7-10-14-8-3-1-4-9-14/h1,3-4,8-9H,2,5-7,10-13H2. The maximum atomic E-state index is 12.0. The van der Waals surface area contributed by atoms with Gasteiger partial charge in [-0.25, -0.2) is 4.79 Å². The summed E-state index contributed by atoms with van der Waals surface area (Å²) in [5.74, 6) is 0.502. The van der Waals surface area contributed by atoms with E-state index < -0.39 is 6.09 Å². The molecule has 6 heteroatoms. The highest BCUT2D eigenvalue weighted by molar-refractivity contribution is 5.69. The number of nitrogens with zero attached hydrogens (tertiary/aromatic N) is 3. The molecule has 3 rings (SSSR count). The summed E-state index contributed by atoms with van der Waals surface area (Å²) in [6.07, 6.45) is 5.27. The van der Waals surface area contributed by atoms with E-state index in [0.717, 1.165) is 45.2 Å². The summed E-state index contributed by atoms with van der Waals surface area (Å²) >= 11 is 0. The van der Waals surface area contributed by atoms with Gasteiger partial charge in [-0.2, -0.15) is 0 Å². The van der Waals surface area contributed by atoms with Gasteiger partial charge in [-0.05, 0) is 37.7 Å². The molecule has 0 unspecified atom stereocenters. The number of aromatic nitrogens is 2. The van der Waals surface area contributed by atoms with Crippen LogP contribution in [0.5, 0.6) is 6.08 Å². The van der Waals surface area contributed by atoms with Crippen LogP contribution in [-0.4, -0.2) is 34.3 Å². The van der Waals surface area contributed by atoms with Crippen LogP contribution in [0.25, 0.3) is 0 Å². The van der Waals surface area contributed by atoms with E-state index in [2.05, 4.69) is 22.3 Å². The molecule has 1 aliphatic rings. The number of benzene rings is 1. The smallest absolute Gasteiger partial charge is 0.393 e. The van der Waals surface area contributed by atoms with E-state index in [4.69, 9.17) is 9.15 Å². The number of carbonyl (C=O) groups excluding carboxylic acids is 1. The van der Waals surface area contributed by atoms with Gasteiger partial charge in [0.05, 0.1) is 0 Å². The zero-order chi connectivity index (χ0) is 15.9. The Morgan fingerprint density at radius 2 is 1.87 bits per heavy atom. The van der Waals surface area contributed by atoms with Crippen molar-refractivity contribution in [1.82, 2.24) is 15.1 Å². The van der Waals surface area contributed by atoms with E-state index >= 15 is 0 Å². The second-order valence-electron chi connectivity index (χ2n) is 5.72. The van der Waals surface area contributed by atoms with Gasteiger partial charge in [-0.3, -0.25) is 0 Å². The molecule has 0 spiro atoms. The molecular formula is C17H21N3O3. The molecule has 0 atom stereocenters. The number of amides is 1. The van der Waals surface area contributed by atoms with Crippen molar-refractivity contribution in [3.05, 3.63) is 41.8 Å². The van der Waals surface area contributed by atoms with Crippen LogP contribution in [0.2, 0.25) is 0 Å². The van der Waals surface area contributed by atoms with Crippen molar-refractivity contribution in [3.8, 4) is 6.08 Å². The lowest BCUT2D eigenvalue weighted by Gasteiger charge is -2.24. The lowest BCUT2D eigenvalue weighted by Crippen LogP contribution is -2.37. The van der Waals surface area contributed by atoms with Crippen LogP contribution < -0.4 is 4.74 Å². The molecule has 2 aromatic rings. The Bertz CT molecular complexity index is 621. The lowest BCUT2D eigenvalue weighted by atomic mass is 10.1. The van der Waals surface area contributed by atoms with Gasteiger partial charge in [-0.15, -0.1) is 5.10 Å². The summed E-state index contributed by atoms with van der Waals surface area (Å²) in [4.78, 5) is 13.6. The van der Waals surface area contributed by atoms with E-state index in [1.54, 1.807) is 4.90 Å². The number of hydrogen-bond donors (Lipinski definition) is 0. The van der Waals surface area contributed by atoms with E-state index in [0.29, 0.717) is 12.3 Å². The largest absolute Gasteiger partial charge is 0.423 e. The molecule has 1 amide bonds. The first-order chi connectivity index (χ1) is 11.3. The normalized spacial score (nSPS) is 14.7. The summed E-state index contributed by atoms with van der Waals surface area (Å²) in [5.41, 5.74) is 1.28. The maximum absolute atomic E-state index is 12.0. The highest BCUT2D eigenvalue weighted by Gasteiger charge is 2.20. The Labute approximate surface area is 135 Å². The Morgan fingerprint density at radius 3 is 2.65 bits per heavy atom. The van der Waals surface area contributed by atoms with E-state index in [1.165, 1.54) is 5.56 Å². The third kappa shape index (κ3) is 4.55. The summed E-state index contributed by atoms with van der Waals surface area (Å²) < 4.78 is 10.5. The Morgan fingerprint density at radius 1 is 1.09 bits per heavy atom. The van der Waals surface area contributed by atoms with Gasteiger partial charge in [0.15, 0.2) is 0 Å². The van der Waals surface area contributed by atoms with Crippen molar-refractivity contribution in [2.24, 2.45) is 0 Å². The van der Waals surface area contributed by atoms with Gasteiger partial charge >= 0.3 is 12.2 Å². The molecular weight excluding hydrogens is 294 g/mol. The molecule has 0 bridgehead atoms. The fraction of sp³-hybridized carbons (Fsp3) is 0.471. The van der Waals surface area contributed by atoms with Crippen LogP contribution in [0.15, 0.2) is 34.7 Å². The molecule has 1 fully saturated rings. The number of ether oxygens (including phenoxy) is 1. The minimum atomic E-state index is -0.399. The predicted molar refractivity (Wildman–Crippen MR) is 84.2 cm³/mol. The van der Waals surface area contributed by atoms with Crippen molar-refractivity contribution in [2.45, 2.75) is 38.5 Å². The van der Waals surface area contributed by atoms with Crippen LogP contribution in [0.4, 0.5) is 4.79 Å². The highest BCUT2D eigenvalue weighted by atomic mass is 16.6. The number of aryl methyl sites for hydroxylation is 2. The first-order valence-corrected chi connectivity index (χ1v) is 8.14. The van der Waals surface area contributed by atoms with Crippen LogP contribution in [0, 0.1) is 0 Å². The summed E-state index contributed by atoms with van der Waals surface area (Å²) in [6.45, 7) is 1.47. The van der Waals surface area contributed by atoms with Gasteiger partial charge < -0.3 is 14.1 Å². The molecule has 23 heavy (non-hydrogen) atoms. The number of carbonyl (C=O) groups is 1. The van der Waals surface area contributed by atoms with Crippen LogP contribution in [-0.2, 0) is 12.8 Å². The van der Waals surface area contributed by atoms with Crippen molar-refractivity contribution < 1.29 is 13.9 Å². The van der Waals surface area contributed by atoms with Gasteiger partial charge in [0.1, 0.15) is 0 Å². The Kier molecular flexibility index (Phi) is 5.24. The van der Waals surface area contributed by atoms with Crippen LogP contribution in [0.3, 0.4) is 0 Å².